The van der Waals surface area contributed by atoms with Crippen molar-refractivity contribution >= 4 is 17.6 Å². The zero-order valence-corrected chi connectivity index (χ0v) is 9.92. The van der Waals surface area contributed by atoms with Gasteiger partial charge in [0.05, 0.1) is 18.4 Å². The van der Waals surface area contributed by atoms with Gasteiger partial charge in [-0.05, 0) is 18.2 Å². The number of carboxylic acids is 1. The molecule has 1 aromatic carbocycles. The van der Waals surface area contributed by atoms with Crippen molar-refractivity contribution in [3.8, 4) is 5.75 Å². The van der Waals surface area contributed by atoms with Crippen molar-refractivity contribution in [3.05, 3.63) is 23.8 Å². The normalized spacial score (nSPS) is 19.1. The van der Waals surface area contributed by atoms with E-state index in [9.17, 15) is 9.59 Å². The molecule has 6 heteroatoms. The van der Waals surface area contributed by atoms with Gasteiger partial charge in [0.1, 0.15) is 5.75 Å². The van der Waals surface area contributed by atoms with E-state index in [1.54, 1.807) is 0 Å². The monoisotopic (exact) mass is 250 g/mol. The van der Waals surface area contributed by atoms with Crippen LogP contribution in [-0.2, 0) is 4.79 Å². The fourth-order valence-electron chi connectivity index (χ4n) is 2.00. The molecule has 2 rings (SSSR count). The molecule has 1 amide bonds. The van der Waals surface area contributed by atoms with Crippen LogP contribution in [0, 0.1) is 0 Å². The summed E-state index contributed by atoms with van der Waals surface area (Å²) in [7, 11) is 1.47. The molecular formula is C12H14N2O4. The fraction of sp³-hybridized carbons (Fsp3) is 0.333. The standard InChI is InChI=1S/C12H14N2O4/c1-18-10-3-2-7(12(16)17)4-9(10)14-6-8(13)5-11(14)15/h2-4,8H,5-6,13H2,1H3,(H,16,17). The zero-order chi connectivity index (χ0) is 13.3. The molecule has 0 radical (unpaired) electrons. The second-order valence-electron chi connectivity index (χ2n) is 4.16. The number of aromatic carboxylic acids is 1. The summed E-state index contributed by atoms with van der Waals surface area (Å²) in [6, 6.07) is 4.17. The Kier molecular flexibility index (Phi) is 3.20. The number of methoxy groups -OCH3 is 1. The van der Waals surface area contributed by atoms with Gasteiger partial charge in [0, 0.05) is 19.0 Å². The number of anilines is 1. The maximum absolute atomic E-state index is 11.8. The van der Waals surface area contributed by atoms with E-state index in [0.717, 1.165) is 0 Å². The van der Waals surface area contributed by atoms with Crippen LogP contribution < -0.4 is 15.4 Å². The lowest BCUT2D eigenvalue weighted by atomic mass is 10.1. The van der Waals surface area contributed by atoms with Crippen LogP contribution in [0.2, 0.25) is 0 Å². The molecule has 1 heterocycles. The minimum absolute atomic E-state index is 0.110. The van der Waals surface area contributed by atoms with Gasteiger partial charge < -0.3 is 20.5 Å². The smallest absolute Gasteiger partial charge is 0.335 e. The van der Waals surface area contributed by atoms with Gasteiger partial charge in [-0.25, -0.2) is 4.79 Å². The van der Waals surface area contributed by atoms with Crippen molar-refractivity contribution in [1.29, 1.82) is 0 Å². The van der Waals surface area contributed by atoms with Gasteiger partial charge in [-0.15, -0.1) is 0 Å². The molecule has 1 aliphatic heterocycles. The van der Waals surface area contributed by atoms with Crippen LogP contribution in [0.5, 0.6) is 5.75 Å². The van der Waals surface area contributed by atoms with Crippen LogP contribution in [0.15, 0.2) is 18.2 Å². The Balaban J connectivity index is 2.44. The van der Waals surface area contributed by atoms with Gasteiger partial charge >= 0.3 is 5.97 Å². The third-order valence-electron chi connectivity index (χ3n) is 2.87. The van der Waals surface area contributed by atoms with E-state index in [-0.39, 0.29) is 23.9 Å². The highest BCUT2D eigenvalue weighted by atomic mass is 16.5. The highest BCUT2D eigenvalue weighted by Crippen LogP contribution is 2.32. The second kappa shape index (κ2) is 4.66. The van der Waals surface area contributed by atoms with Gasteiger partial charge in [0.25, 0.3) is 0 Å². The van der Waals surface area contributed by atoms with E-state index in [0.29, 0.717) is 18.0 Å². The number of nitrogens with zero attached hydrogens (tertiary/aromatic N) is 1. The highest BCUT2D eigenvalue weighted by Gasteiger charge is 2.30. The first-order valence-electron chi connectivity index (χ1n) is 5.50. The van der Waals surface area contributed by atoms with Crippen LogP contribution in [0.1, 0.15) is 16.8 Å². The lowest BCUT2D eigenvalue weighted by Crippen LogP contribution is -2.28. The second-order valence-corrected chi connectivity index (χ2v) is 4.16. The number of amides is 1. The SMILES string of the molecule is COc1ccc(C(=O)O)cc1N1CC(N)CC1=O. The van der Waals surface area contributed by atoms with Crippen molar-refractivity contribution in [2.75, 3.05) is 18.6 Å². The fourth-order valence-corrected chi connectivity index (χ4v) is 2.00. The number of hydrogen-bond acceptors (Lipinski definition) is 4. The average Bonchev–Trinajstić information content (AvgIpc) is 2.67. The third-order valence-corrected chi connectivity index (χ3v) is 2.87. The summed E-state index contributed by atoms with van der Waals surface area (Å²) in [5.74, 6) is -0.708. The van der Waals surface area contributed by atoms with Crippen molar-refractivity contribution in [1.82, 2.24) is 0 Å². The summed E-state index contributed by atoms with van der Waals surface area (Å²) in [5.41, 5.74) is 6.29. The van der Waals surface area contributed by atoms with Crippen LogP contribution in [0.4, 0.5) is 5.69 Å². The molecule has 0 bridgehead atoms. The number of benzene rings is 1. The first-order valence-corrected chi connectivity index (χ1v) is 5.50. The molecule has 6 nitrogen and oxygen atoms in total. The number of hydrogen-bond donors (Lipinski definition) is 2. The van der Waals surface area contributed by atoms with Crippen molar-refractivity contribution < 1.29 is 19.4 Å². The van der Waals surface area contributed by atoms with Crippen molar-refractivity contribution in [2.24, 2.45) is 5.73 Å². The van der Waals surface area contributed by atoms with Crippen LogP contribution in [0.25, 0.3) is 0 Å². The molecule has 1 atom stereocenters. The van der Waals surface area contributed by atoms with E-state index >= 15 is 0 Å². The van der Waals surface area contributed by atoms with Crippen LogP contribution in [0.3, 0.4) is 0 Å². The molecule has 96 valence electrons. The van der Waals surface area contributed by atoms with E-state index in [2.05, 4.69) is 0 Å². The average molecular weight is 250 g/mol. The number of carbonyl (C=O) groups is 2. The highest BCUT2D eigenvalue weighted by molar-refractivity contribution is 5.99. The molecule has 1 aromatic rings. The first kappa shape index (κ1) is 12.4. The summed E-state index contributed by atoms with van der Waals surface area (Å²) in [6.07, 6.45) is 0.264. The minimum atomic E-state index is -1.05. The largest absolute Gasteiger partial charge is 0.495 e. The number of ether oxygens (including phenoxy) is 1. The van der Waals surface area contributed by atoms with Crippen molar-refractivity contribution in [2.45, 2.75) is 12.5 Å². The Hall–Kier alpha value is -2.08. The maximum atomic E-state index is 11.8. The summed E-state index contributed by atoms with van der Waals surface area (Å²) >= 11 is 0. The third kappa shape index (κ3) is 2.14. The molecule has 1 aliphatic rings. The van der Waals surface area contributed by atoms with Gasteiger partial charge in [-0.3, -0.25) is 4.79 Å². The molecule has 1 unspecified atom stereocenters. The zero-order valence-electron chi connectivity index (χ0n) is 9.92. The van der Waals surface area contributed by atoms with Crippen molar-refractivity contribution in [3.63, 3.8) is 0 Å². The number of carbonyl (C=O) groups excluding carboxylic acids is 1. The summed E-state index contributed by atoms with van der Waals surface area (Å²) < 4.78 is 5.15. The molecule has 1 fully saturated rings. The topological polar surface area (TPSA) is 92.9 Å². The number of nitrogens with two attached hydrogens (primary N) is 1. The predicted molar refractivity (Wildman–Crippen MR) is 64.9 cm³/mol. The lowest BCUT2D eigenvalue weighted by molar-refractivity contribution is -0.117. The molecule has 18 heavy (non-hydrogen) atoms. The van der Waals surface area contributed by atoms with E-state index in [1.807, 2.05) is 0 Å². The van der Waals surface area contributed by atoms with Crippen LogP contribution >= 0.6 is 0 Å². The summed E-state index contributed by atoms with van der Waals surface area (Å²) in [5, 5.41) is 8.96. The molecule has 3 N–H and O–H groups in total. The molecular weight excluding hydrogens is 236 g/mol. The molecule has 0 saturated carbocycles. The van der Waals surface area contributed by atoms with E-state index in [4.69, 9.17) is 15.6 Å². The lowest BCUT2D eigenvalue weighted by Gasteiger charge is -2.19. The Morgan fingerprint density at radius 3 is 2.78 bits per heavy atom. The molecule has 1 saturated heterocycles. The molecule has 0 aromatic heterocycles. The van der Waals surface area contributed by atoms with E-state index in [1.165, 1.54) is 30.2 Å². The molecule has 0 spiro atoms. The van der Waals surface area contributed by atoms with Gasteiger partial charge in [0.2, 0.25) is 5.91 Å². The van der Waals surface area contributed by atoms with Gasteiger partial charge in [0.15, 0.2) is 0 Å². The van der Waals surface area contributed by atoms with Gasteiger partial charge in [-0.1, -0.05) is 0 Å². The first-order chi connectivity index (χ1) is 8.52. The summed E-state index contributed by atoms with van der Waals surface area (Å²) in [6.45, 7) is 0.373. The Morgan fingerprint density at radius 2 is 2.28 bits per heavy atom. The van der Waals surface area contributed by atoms with Gasteiger partial charge in [-0.2, -0.15) is 0 Å². The molecule has 0 aliphatic carbocycles. The van der Waals surface area contributed by atoms with E-state index < -0.39 is 5.97 Å². The number of rotatable bonds is 3. The summed E-state index contributed by atoms with van der Waals surface area (Å²) in [4.78, 5) is 24.2. The Morgan fingerprint density at radius 1 is 1.56 bits per heavy atom. The van der Waals surface area contributed by atoms with Crippen LogP contribution in [-0.4, -0.2) is 36.7 Å². The predicted octanol–water partition coefficient (Wildman–Crippen LogP) is 0.457. The quantitative estimate of drug-likeness (QED) is 0.812. The Labute approximate surface area is 104 Å². The Bertz CT molecular complexity index is 501. The maximum Gasteiger partial charge on any atom is 0.335 e. The minimum Gasteiger partial charge on any atom is -0.495 e. The number of carboxylic acid groups (broad SMARTS) is 1.